The molecule has 0 aromatic carbocycles. The Morgan fingerprint density at radius 3 is 2.50 bits per heavy atom. The van der Waals surface area contributed by atoms with E-state index in [4.69, 9.17) is 0 Å². The Bertz CT molecular complexity index is 212. The first-order chi connectivity index (χ1) is 7.63. The van der Waals surface area contributed by atoms with Gasteiger partial charge in [0, 0.05) is 45.2 Å². The van der Waals surface area contributed by atoms with E-state index >= 15 is 0 Å². The second-order valence-corrected chi connectivity index (χ2v) is 4.82. The van der Waals surface area contributed by atoms with Gasteiger partial charge in [0.1, 0.15) is 0 Å². The maximum Gasteiger partial charge on any atom is 0.219 e. The van der Waals surface area contributed by atoms with Gasteiger partial charge in [-0.15, -0.1) is 0 Å². The molecule has 1 saturated heterocycles. The Hall–Kier alpha value is -0.610. The van der Waals surface area contributed by atoms with E-state index in [0.29, 0.717) is 12.3 Å². The number of nitrogens with one attached hydrogen (secondary N) is 2. The lowest BCUT2D eigenvalue weighted by atomic mass is 10.0. The lowest BCUT2D eigenvalue weighted by molar-refractivity contribution is -0.121. The van der Waals surface area contributed by atoms with Gasteiger partial charge in [-0.25, -0.2) is 0 Å². The highest BCUT2D eigenvalue weighted by atomic mass is 16.1. The molecular formula is C12H25N3O. The van der Waals surface area contributed by atoms with Crippen LogP contribution in [-0.4, -0.2) is 49.6 Å². The molecule has 0 unspecified atom stereocenters. The number of rotatable bonds is 5. The average molecular weight is 227 g/mol. The van der Waals surface area contributed by atoms with Crippen LogP contribution in [-0.2, 0) is 4.79 Å². The molecule has 1 amide bonds. The summed E-state index contributed by atoms with van der Waals surface area (Å²) in [7, 11) is 0. The van der Waals surface area contributed by atoms with Crippen molar-refractivity contribution in [1.82, 2.24) is 15.5 Å². The van der Waals surface area contributed by atoms with E-state index in [1.165, 1.54) is 0 Å². The number of hydrogen-bond donors (Lipinski definition) is 2. The smallest absolute Gasteiger partial charge is 0.219 e. The Kier molecular flexibility index (Phi) is 5.77. The van der Waals surface area contributed by atoms with Crippen LogP contribution in [0.1, 0.15) is 27.2 Å². The molecule has 0 radical (unpaired) electrons. The van der Waals surface area contributed by atoms with E-state index in [9.17, 15) is 4.79 Å². The predicted octanol–water partition coefficient (Wildman–Crippen LogP) is 0.442. The van der Waals surface area contributed by atoms with Crippen LogP contribution in [0.15, 0.2) is 0 Å². The number of piperazine rings is 1. The first kappa shape index (κ1) is 13.5. The standard InChI is InChI=1S/C12H25N3O/c1-4-12(16)14-11(10(2)3)9-15-7-5-13-6-8-15/h10-11,13H,4-9H2,1-3H3,(H,14,16)/t11-/m0/s1. The van der Waals surface area contributed by atoms with Crippen molar-refractivity contribution in [3.05, 3.63) is 0 Å². The number of hydrogen-bond acceptors (Lipinski definition) is 3. The summed E-state index contributed by atoms with van der Waals surface area (Å²) in [4.78, 5) is 13.9. The minimum absolute atomic E-state index is 0.161. The monoisotopic (exact) mass is 227 g/mol. The molecular weight excluding hydrogens is 202 g/mol. The third-order valence-corrected chi connectivity index (χ3v) is 3.14. The number of nitrogens with zero attached hydrogens (tertiary/aromatic N) is 1. The molecule has 1 aliphatic rings. The van der Waals surface area contributed by atoms with E-state index in [-0.39, 0.29) is 11.9 Å². The molecule has 0 bridgehead atoms. The number of amides is 1. The zero-order valence-corrected chi connectivity index (χ0v) is 10.8. The molecule has 2 N–H and O–H groups in total. The summed E-state index contributed by atoms with van der Waals surface area (Å²) in [5, 5.41) is 6.45. The zero-order valence-electron chi connectivity index (χ0n) is 10.8. The van der Waals surface area contributed by atoms with Crippen LogP contribution >= 0.6 is 0 Å². The summed E-state index contributed by atoms with van der Waals surface area (Å²) >= 11 is 0. The summed E-state index contributed by atoms with van der Waals surface area (Å²) in [5.74, 6) is 0.652. The van der Waals surface area contributed by atoms with Gasteiger partial charge < -0.3 is 10.6 Å². The van der Waals surface area contributed by atoms with E-state index < -0.39 is 0 Å². The molecule has 1 aliphatic heterocycles. The SMILES string of the molecule is CCC(=O)N[C@@H](CN1CCNCC1)C(C)C. The van der Waals surface area contributed by atoms with Gasteiger partial charge in [0.05, 0.1) is 0 Å². The molecule has 0 spiro atoms. The quantitative estimate of drug-likeness (QED) is 0.716. The highest BCUT2D eigenvalue weighted by Crippen LogP contribution is 2.05. The molecule has 1 fully saturated rings. The highest BCUT2D eigenvalue weighted by molar-refractivity contribution is 5.75. The van der Waals surface area contributed by atoms with Gasteiger partial charge in [0.25, 0.3) is 0 Å². The van der Waals surface area contributed by atoms with Crippen molar-refractivity contribution >= 4 is 5.91 Å². The van der Waals surface area contributed by atoms with E-state index in [1.54, 1.807) is 0 Å². The highest BCUT2D eigenvalue weighted by Gasteiger charge is 2.20. The van der Waals surface area contributed by atoms with Gasteiger partial charge in [-0.1, -0.05) is 20.8 Å². The maximum atomic E-state index is 11.4. The van der Waals surface area contributed by atoms with Crippen molar-refractivity contribution in [2.75, 3.05) is 32.7 Å². The summed E-state index contributed by atoms with van der Waals surface area (Å²) in [6.07, 6.45) is 0.574. The van der Waals surface area contributed by atoms with Crippen LogP contribution in [0.2, 0.25) is 0 Å². The molecule has 0 aromatic rings. The molecule has 0 aromatic heterocycles. The fraction of sp³-hybridized carbons (Fsp3) is 0.917. The average Bonchev–Trinajstić information content (AvgIpc) is 2.29. The van der Waals surface area contributed by atoms with Crippen LogP contribution in [0.4, 0.5) is 0 Å². The van der Waals surface area contributed by atoms with E-state index in [1.807, 2.05) is 6.92 Å². The van der Waals surface area contributed by atoms with E-state index in [0.717, 1.165) is 32.7 Å². The third-order valence-electron chi connectivity index (χ3n) is 3.14. The van der Waals surface area contributed by atoms with Gasteiger partial charge in [-0.2, -0.15) is 0 Å². The van der Waals surface area contributed by atoms with Crippen LogP contribution < -0.4 is 10.6 Å². The fourth-order valence-electron chi connectivity index (χ4n) is 1.90. The van der Waals surface area contributed by atoms with Gasteiger partial charge in [-0.3, -0.25) is 9.69 Å². The van der Waals surface area contributed by atoms with Crippen LogP contribution in [0.3, 0.4) is 0 Å². The van der Waals surface area contributed by atoms with Crippen LogP contribution in [0.25, 0.3) is 0 Å². The molecule has 16 heavy (non-hydrogen) atoms. The van der Waals surface area contributed by atoms with Crippen LogP contribution in [0.5, 0.6) is 0 Å². The summed E-state index contributed by atoms with van der Waals surface area (Å²) in [6, 6.07) is 0.283. The van der Waals surface area contributed by atoms with Crippen LogP contribution in [0, 0.1) is 5.92 Å². The van der Waals surface area contributed by atoms with Gasteiger partial charge in [0.15, 0.2) is 0 Å². The second-order valence-electron chi connectivity index (χ2n) is 4.82. The molecule has 0 saturated carbocycles. The Labute approximate surface area is 98.8 Å². The normalized spacial score (nSPS) is 19.8. The molecule has 4 nitrogen and oxygen atoms in total. The van der Waals surface area contributed by atoms with Gasteiger partial charge in [0.2, 0.25) is 5.91 Å². The van der Waals surface area contributed by atoms with Crippen molar-refractivity contribution in [2.45, 2.75) is 33.2 Å². The topological polar surface area (TPSA) is 44.4 Å². The summed E-state index contributed by atoms with van der Waals surface area (Å²) < 4.78 is 0. The Morgan fingerprint density at radius 1 is 1.38 bits per heavy atom. The van der Waals surface area contributed by atoms with E-state index in [2.05, 4.69) is 29.4 Å². The van der Waals surface area contributed by atoms with Crippen molar-refractivity contribution in [3.63, 3.8) is 0 Å². The lowest BCUT2D eigenvalue weighted by Gasteiger charge is -2.32. The molecule has 94 valence electrons. The first-order valence-electron chi connectivity index (χ1n) is 6.36. The lowest BCUT2D eigenvalue weighted by Crippen LogP contribution is -2.51. The maximum absolute atomic E-state index is 11.4. The fourth-order valence-corrected chi connectivity index (χ4v) is 1.90. The van der Waals surface area contributed by atoms with Crippen molar-refractivity contribution in [1.29, 1.82) is 0 Å². The minimum atomic E-state index is 0.161. The number of carbonyl (C=O) groups is 1. The second kappa shape index (κ2) is 6.86. The molecule has 1 atom stereocenters. The summed E-state index contributed by atoms with van der Waals surface area (Å²) in [5.41, 5.74) is 0. The largest absolute Gasteiger partial charge is 0.352 e. The van der Waals surface area contributed by atoms with Gasteiger partial charge in [-0.05, 0) is 5.92 Å². The summed E-state index contributed by atoms with van der Waals surface area (Å²) in [6.45, 7) is 11.5. The van der Waals surface area contributed by atoms with Crippen molar-refractivity contribution in [2.24, 2.45) is 5.92 Å². The zero-order chi connectivity index (χ0) is 12.0. The molecule has 0 aliphatic carbocycles. The van der Waals surface area contributed by atoms with Crippen molar-refractivity contribution in [3.8, 4) is 0 Å². The Balaban J connectivity index is 2.40. The third kappa shape index (κ3) is 4.49. The van der Waals surface area contributed by atoms with Gasteiger partial charge >= 0.3 is 0 Å². The molecule has 1 heterocycles. The Morgan fingerprint density at radius 2 is 2.00 bits per heavy atom. The predicted molar refractivity (Wildman–Crippen MR) is 66.4 cm³/mol. The van der Waals surface area contributed by atoms with Crippen molar-refractivity contribution < 1.29 is 4.79 Å². The number of carbonyl (C=O) groups excluding carboxylic acids is 1. The first-order valence-corrected chi connectivity index (χ1v) is 6.36. The molecule has 1 rings (SSSR count). The minimum Gasteiger partial charge on any atom is -0.352 e. The molecule has 4 heteroatoms.